The Hall–Kier alpha value is -16.7. The van der Waals surface area contributed by atoms with Crippen molar-refractivity contribution in [2.75, 3.05) is 67.5 Å². The summed E-state index contributed by atoms with van der Waals surface area (Å²) in [5.41, 5.74) is 6.77. The van der Waals surface area contributed by atoms with Gasteiger partial charge in [-0.2, -0.15) is 133 Å². The molecule has 0 aliphatic heterocycles. The van der Waals surface area contributed by atoms with E-state index in [0.29, 0.717) is 98.4 Å². The second kappa shape index (κ2) is 49.3. The van der Waals surface area contributed by atoms with Crippen molar-refractivity contribution in [3.8, 4) is 23.0 Å². The van der Waals surface area contributed by atoms with Crippen molar-refractivity contribution in [1.82, 2.24) is 29.9 Å². The number of azo groups is 8. The molecule has 14 rings (SSSR count). The van der Waals surface area contributed by atoms with E-state index in [1.807, 2.05) is 6.92 Å². The molecule has 52 heteroatoms. The number of aliphatic hydroxyl groups is 2. The molecule has 0 saturated heterocycles. The summed E-state index contributed by atoms with van der Waals surface area (Å²) >= 11 is 0. The maximum absolute atomic E-state index is 12.9. The van der Waals surface area contributed by atoms with E-state index >= 15 is 0 Å². The standard InChI is InChI=1S/C96H92N26O21S5/c1-6-42-142-88-54-80(120-117-77-38-32-73(51-89(77)147(134,135)136)115-107-65-16-9-7-10-17-65)60(3)46-83(88)100-96-105-94(104-95(106-96)99-81-55-87(141-5)84(48-64(81)58-124)122-114-70-26-22-68(23-27-70)110-112-72-30-36-76(37-31-72)146(131,132)133)98-41-14-13-40-97-93-102-91(101-92(103-93)50-62-47-63(57-123)82(56-85(62)140-4)121-118-78-39-33-74(52-90(78)148(137,138)139)116-108-66-18-11-8-12-19-66)49-61-45-59(2)79(53-86(61)143-43-15-44-144(125,126)127)119-113-69-24-20-67(21-25-69)109-111-71-28-34-75(35-29-71)145(128,129)130/h7-12,16-39,45-48,51-56,123-124H,6,13-15,40-44,49-50,57-58H2,1-5H3,(H,125,126,127)(H,128,129,130)(H,131,132,133)(H,134,135,136)(H,137,138,139)(H,97,101,102,103)(H3,98,99,100,104,105,106). The Bertz CT molecular complexity index is 8060. The first-order valence-corrected chi connectivity index (χ1v) is 52.0. The lowest BCUT2D eigenvalue weighted by Gasteiger charge is -2.17. The summed E-state index contributed by atoms with van der Waals surface area (Å²) in [6, 6.07) is 61.0. The lowest BCUT2D eigenvalue weighted by Crippen LogP contribution is -2.14. The summed E-state index contributed by atoms with van der Waals surface area (Å²) < 4.78 is 195. The number of aromatic nitrogens is 6. The lowest BCUT2D eigenvalue weighted by atomic mass is 10.0. The number of hydrogen-bond acceptors (Lipinski definition) is 42. The molecule has 2 aromatic heterocycles. The summed E-state index contributed by atoms with van der Waals surface area (Å²) in [4.78, 5) is 27.2. The molecule has 0 atom stereocenters. The molecule has 0 fully saturated rings. The summed E-state index contributed by atoms with van der Waals surface area (Å²) in [6.07, 6.45) is 1.09. The third-order valence-corrected chi connectivity index (χ3v) is 25.3. The van der Waals surface area contributed by atoms with Gasteiger partial charge >= 0.3 is 0 Å². The van der Waals surface area contributed by atoms with Gasteiger partial charge in [0.1, 0.15) is 61.5 Å². The van der Waals surface area contributed by atoms with Crippen molar-refractivity contribution in [2.24, 2.45) is 81.8 Å². The minimum absolute atomic E-state index is 0.0367. The number of anilines is 6. The van der Waals surface area contributed by atoms with Crippen LogP contribution in [0, 0.1) is 13.8 Å². The highest BCUT2D eigenvalue weighted by molar-refractivity contribution is 7.87. The Labute approximate surface area is 847 Å². The van der Waals surface area contributed by atoms with Gasteiger partial charge in [0.05, 0.1) is 142 Å². The number of aryl methyl sites for hydroxylation is 2. The zero-order chi connectivity index (χ0) is 105. The highest BCUT2D eigenvalue weighted by Gasteiger charge is 2.25. The average molecular weight is 2110 g/mol. The van der Waals surface area contributed by atoms with E-state index in [2.05, 4.69) is 103 Å². The minimum Gasteiger partial charge on any atom is -0.496 e. The number of ether oxygens (including phenoxy) is 4. The zero-order valence-electron chi connectivity index (χ0n) is 79.0. The number of rotatable bonds is 47. The number of unbranched alkanes of at least 4 members (excludes halogenated alkanes) is 1. The normalized spacial score (nSPS) is 12.3. The molecule has 11 N–H and O–H groups in total. The van der Waals surface area contributed by atoms with Crippen LogP contribution in [0.3, 0.4) is 0 Å². The summed E-state index contributed by atoms with van der Waals surface area (Å²) in [6.45, 7) is 4.64. The van der Waals surface area contributed by atoms with Crippen LogP contribution in [0.25, 0.3) is 0 Å². The number of benzene rings is 12. The van der Waals surface area contributed by atoms with Crippen molar-refractivity contribution in [3.05, 3.63) is 288 Å². The molecule has 12 aromatic carbocycles. The van der Waals surface area contributed by atoms with E-state index < -0.39 is 79.3 Å². The smallest absolute Gasteiger partial charge is 0.296 e. The Kier molecular flexibility index (Phi) is 35.7. The van der Waals surface area contributed by atoms with Crippen molar-refractivity contribution >= 4 is 177 Å². The maximum atomic E-state index is 12.9. The Morgan fingerprint density at radius 2 is 0.676 bits per heavy atom. The molecule has 0 aliphatic rings. The lowest BCUT2D eigenvalue weighted by molar-refractivity contribution is 0.282. The Morgan fingerprint density at radius 1 is 0.304 bits per heavy atom. The van der Waals surface area contributed by atoms with Crippen LogP contribution in [0.4, 0.5) is 126 Å². The van der Waals surface area contributed by atoms with Gasteiger partial charge in [0.25, 0.3) is 50.6 Å². The molecular weight excluding hydrogens is 2010 g/mol. The van der Waals surface area contributed by atoms with Gasteiger partial charge in [-0.15, -0.1) is 15.3 Å². The Balaban J connectivity index is 0.752. The fraction of sp³-hybridized carbons (Fsp3) is 0.188. The van der Waals surface area contributed by atoms with E-state index in [0.717, 1.165) is 12.1 Å². The number of nitrogens with one attached hydrogen (secondary N) is 4. The SMILES string of the molecule is CCCOc1cc(N=Nc2ccc(N=Nc3ccccc3)cc2S(=O)(=O)O)c(C)cc1Nc1nc(NCCCCNc2nc(Cc3cc(CO)c(N=Nc4ccc(N=Nc5ccccc5)cc4S(=O)(=O)O)cc3OC)nc(Cc3cc(C)c(N=Nc4ccc(N=Nc5ccc(S(=O)(=O)O)cc5)cc4)cc3OCCCS(=O)(=O)O)n2)nc(Nc2cc(OC)c(N=Nc3ccc(N=Nc4ccc(S(=O)(=O)O)cc4)cc3)cc2CO)n1. The van der Waals surface area contributed by atoms with Gasteiger partial charge in [-0.1, -0.05) is 43.3 Å². The molecule has 0 saturated carbocycles. The van der Waals surface area contributed by atoms with Crippen molar-refractivity contribution < 1.29 is 94.0 Å². The average Bonchev–Trinajstić information content (AvgIpc) is 0.800. The van der Waals surface area contributed by atoms with E-state index in [9.17, 15) is 75.1 Å². The molecule has 14 aromatic rings. The van der Waals surface area contributed by atoms with Crippen molar-refractivity contribution in [3.63, 3.8) is 0 Å². The van der Waals surface area contributed by atoms with Crippen LogP contribution in [0.5, 0.6) is 23.0 Å². The van der Waals surface area contributed by atoms with Crippen LogP contribution in [-0.2, 0) is 76.6 Å². The van der Waals surface area contributed by atoms with Gasteiger partial charge in [0, 0.05) is 72.5 Å². The van der Waals surface area contributed by atoms with Crippen LogP contribution in [0.1, 0.15) is 77.6 Å². The molecule has 762 valence electrons. The first-order valence-electron chi connectivity index (χ1n) is 44.6. The molecule has 47 nitrogen and oxygen atoms in total. The van der Waals surface area contributed by atoms with Crippen molar-refractivity contribution in [1.29, 1.82) is 0 Å². The van der Waals surface area contributed by atoms with Gasteiger partial charge < -0.3 is 50.4 Å². The van der Waals surface area contributed by atoms with Gasteiger partial charge in [-0.05, 0) is 233 Å². The monoisotopic (exact) mass is 2100 g/mol. The minimum atomic E-state index is -4.93. The molecule has 0 radical (unpaired) electrons. The topological polar surface area (TPSA) is 672 Å². The van der Waals surface area contributed by atoms with Crippen molar-refractivity contribution in [2.45, 2.75) is 92.1 Å². The van der Waals surface area contributed by atoms with Gasteiger partial charge in [0.15, 0.2) is 0 Å². The third-order valence-electron chi connectivity index (χ3n) is 21.0. The third kappa shape index (κ3) is 30.9. The second-order valence-corrected chi connectivity index (χ2v) is 39.2. The Morgan fingerprint density at radius 3 is 1.12 bits per heavy atom. The van der Waals surface area contributed by atoms with Crippen LogP contribution < -0.4 is 40.2 Å². The summed E-state index contributed by atoms with van der Waals surface area (Å²) in [7, 11) is -20.3. The summed E-state index contributed by atoms with van der Waals surface area (Å²) in [5, 5.41) is 103. The van der Waals surface area contributed by atoms with Gasteiger partial charge in [0.2, 0.25) is 23.8 Å². The molecule has 148 heavy (non-hydrogen) atoms. The zero-order valence-corrected chi connectivity index (χ0v) is 83.1. The molecule has 0 amide bonds. The quantitative estimate of drug-likeness (QED) is 0.00958. The van der Waals surface area contributed by atoms with E-state index in [-0.39, 0.29) is 170 Å². The van der Waals surface area contributed by atoms with Crippen LogP contribution in [0.2, 0.25) is 0 Å². The predicted octanol–water partition coefficient (Wildman–Crippen LogP) is 23.4. The summed E-state index contributed by atoms with van der Waals surface area (Å²) in [5.74, 6) is 0.576. The highest BCUT2D eigenvalue weighted by atomic mass is 32.2. The molecule has 0 bridgehead atoms. The molecule has 0 aliphatic carbocycles. The van der Waals surface area contributed by atoms with Gasteiger partial charge in [-0.3, -0.25) is 22.8 Å². The number of aliphatic hydroxyl groups excluding tert-OH is 2. The second-order valence-electron chi connectivity index (χ2n) is 32.0. The van der Waals surface area contributed by atoms with Gasteiger partial charge in [-0.25, -0.2) is 4.98 Å². The molecule has 0 unspecified atom stereocenters. The number of nitrogens with zero attached hydrogens (tertiary/aromatic N) is 22. The van der Waals surface area contributed by atoms with E-state index in [4.69, 9.17) is 48.9 Å². The first kappa shape index (κ1) is 107. The number of methoxy groups -OCH3 is 2. The molecule has 2 heterocycles. The molecular formula is C96H92N26O21S5. The van der Waals surface area contributed by atoms with Crippen LogP contribution in [-0.4, -0.2) is 151 Å². The molecule has 0 spiro atoms. The van der Waals surface area contributed by atoms with E-state index in [1.54, 1.807) is 166 Å². The highest BCUT2D eigenvalue weighted by Crippen LogP contribution is 2.43. The van der Waals surface area contributed by atoms with Crippen LogP contribution in [0.15, 0.2) is 344 Å². The number of hydrogen-bond donors (Lipinski definition) is 11. The van der Waals surface area contributed by atoms with E-state index in [1.165, 1.54) is 93.1 Å². The largest absolute Gasteiger partial charge is 0.496 e. The fourth-order valence-electron chi connectivity index (χ4n) is 13.7. The predicted molar refractivity (Wildman–Crippen MR) is 545 cm³/mol. The fourth-order valence-corrected chi connectivity index (χ4v) is 16.4. The first-order chi connectivity index (χ1) is 71.0. The van der Waals surface area contributed by atoms with Crippen LogP contribution >= 0.6 is 0 Å². The maximum Gasteiger partial charge on any atom is 0.296 e.